The molecule has 0 aliphatic carbocycles. The monoisotopic (exact) mass is 418 g/mol. The average molecular weight is 419 g/mol. The van der Waals surface area contributed by atoms with Crippen molar-refractivity contribution in [3.05, 3.63) is 48.0 Å². The number of carbonyl (C=O) groups excluding carboxylic acids is 2. The number of nitrogens with one attached hydrogen (secondary N) is 2. The molecule has 0 fully saturated rings. The maximum Gasteiger partial charge on any atom is 0.308 e. The Bertz CT molecular complexity index is 818. The molecular weight excluding hydrogens is 392 g/mol. The van der Waals surface area contributed by atoms with Crippen LogP contribution in [-0.4, -0.2) is 35.0 Å². The van der Waals surface area contributed by atoms with Gasteiger partial charge in [-0.25, -0.2) is 14.8 Å². The third-order valence-electron chi connectivity index (χ3n) is 4.36. The molecule has 8 heteroatoms. The van der Waals surface area contributed by atoms with E-state index in [0.29, 0.717) is 0 Å². The largest absolute Gasteiger partial charge is 0.466 e. The molecule has 1 aromatic heterocycles. The number of rotatable bonds is 8. The summed E-state index contributed by atoms with van der Waals surface area (Å²) in [6.45, 7) is 8.27. The molecule has 1 atom stereocenters. The first-order chi connectivity index (χ1) is 13.7. The number of aromatic nitrogens is 2. The van der Waals surface area contributed by atoms with Crippen LogP contribution in [0.15, 0.2) is 36.9 Å². The highest BCUT2D eigenvalue weighted by molar-refractivity contribution is 6.14. The molecule has 0 saturated carbocycles. The summed E-state index contributed by atoms with van der Waals surface area (Å²) < 4.78 is 5.10. The second-order valence-electron chi connectivity index (χ2n) is 7.66. The molecule has 1 amide bonds. The van der Waals surface area contributed by atoms with E-state index in [1.165, 1.54) is 6.33 Å². The highest BCUT2D eigenvalue weighted by atomic mass is 35.5. The Morgan fingerprint density at radius 1 is 1.14 bits per heavy atom. The first-order valence-corrected chi connectivity index (χ1v) is 9.81. The van der Waals surface area contributed by atoms with Gasteiger partial charge in [0.1, 0.15) is 6.33 Å². The molecule has 0 bridgehead atoms. The van der Waals surface area contributed by atoms with Crippen LogP contribution in [0.4, 0.5) is 0 Å². The lowest BCUT2D eigenvalue weighted by Crippen LogP contribution is -2.35. The lowest BCUT2D eigenvalue weighted by Gasteiger charge is -2.25. The normalized spacial score (nSPS) is 12.3. The molecular formula is C21H27ClN4O3. The maximum absolute atomic E-state index is 12.2. The molecule has 0 aliphatic rings. The summed E-state index contributed by atoms with van der Waals surface area (Å²) in [6, 6.07) is 5.46. The van der Waals surface area contributed by atoms with Crippen molar-refractivity contribution in [1.29, 1.82) is 0 Å². The summed E-state index contributed by atoms with van der Waals surface area (Å²) in [7, 11) is 0. The van der Waals surface area contributed by atoms with Crippen LogP contribution >= 0.6 is 11.8 Å². The summed E-state index contributed by atoms with van der Waals surface area (Å²) in [4.78, 5) is 34.8. The summed E-state index contributed by atoms with van der Waals surface area (Å²) in [5.74, 6) is -0.706. The molecule has 1 heterocycles. The standard InChI is InChI=1S/C21H27ClN4O3/c1-5-29-20(28)9-18(26-19(27)12-25-22)15-6-14(16-10-23-13-24-11-16)7-17(8-15)21(2,3)4/h6-8,10-11,13,18,25H,5,9,12H2,1-4H3,(H,26,27)/t18-/m0/s1. The van der Waals surface area contributed by atoms with E-state index in [1.54, 1.807) is 19.3 Å². The van der Waals surface area contributed by atoms with Crippen LogP contribution in [0.2, 0.25) is 0 Å². The Balaban J connectivity index is 2.51. The highest BCUT2D eigenvalue weighted by Crippen LogP contribution is 2.32. The minimum absolute atomic E-state index is 0.0141. The van der Waals surface area contributed by atoms with Crippen molar-refractivity contribution in [3.8, 4) is 11.1 Å². The van der Waals surface area contributed by atoms with E-state index in [9.17, 15) is 9.59 Å². The number of nitrogens with zero attached hydrogens (tertiary/aromatic N) is 2. The second kappa shape index (κ2) is 10.3. The fourth-order valence-electron chi connectivity index (χ4n) is 2.85. The minimum atomic E-state index is -0.558. The van der Waals surface area contributed by atoms with Crippen molar-refractivity contribution in [2.45, 2.75) is 45.6 Å². The topological polar surface area (TPSA) is 93.2 Å². The van der Waals surface area contributed by atoms with Crippen molar-refractivity contribution < 1.29 is 14.3 Å². The quantitative estimate of drug-likeness (QED) is 0.504. The Morgan fingerprint density at radius 2 is 1.83 bits per heavy atom. The van der Waals surface area contributed by atoms with Gasteiger partial charge in [0.15, 0.2) is 0 Å². The van der Waals surface area contributed by atoms with Gasteiger partial charge in [-0.15, -0.1) is 0 Å². The van der Waals surface area contributed by atoms with E-state index in [2.05, 4.69) is 47.0 Å². The lowest BCUT2D eigenvalue weighted by molar-refractivity contribution is -0.143. The fourth-order valence-corrected chi connectivity index (χ4v) is 2.97. The Morgan fingerprint density at radius 3 is 2.41 bits per heavy atom. The SMILES string of the molecule is CCOC(=O)C[C@H](NC(=O)CNCl)c1cc(-c2cncnc2)cc(C(C)(C)C)c1. The van der Waals surface area contributed by atoms with Gasteiger partial charge in [0, 0.05) is 18.0 Å². The van der Waals surface area contributed by atoms with Crippen molar-refractivity contribution >= 4 is 23.7 Å². The van der Waals surface area contributed by atoms with Gasteiger partial charge in [-0.2, -0.15) is 0 Å². The van der Waals surface area contributed by atoms with Gasteiger partial charge in [-0.3, -0.25) is 9.59 Å². The third-order valence-corrected chi connectivity index (χ3v) is 4.49. The van der Waals surface area contributed by atoms with E-state index in [0.717, 1.165) is 22.3 Å². The molecule has 0 saturated heterocycles. The zero-order valence-corrected chi connectivity index (χ0v) is 17.9. The number of hydrogen-bond donors (Lipinski definition) is 2. The van der Waals surface area contributed by atoms with Gasteiger partial charge < -0.3 is 10.1 Å². The molecule has 156 valence electrons. The van der Waals surface area contributed by atoms with Crippen LogP contribution in [-0.2, 0) is 19.7 Å². The summed E-state index contributed by atoms with van der Waals surface area (Å²) in [6.07, 6.45) is 4.95. The smallest absolute Gasteiger partial charge is 0.308 e. The molecule has 29 heavy (non-hydrogen) atoms. The van der Waals surface area contributed by atoms with Crippen molar-refractivity contribution in [2.24, 2.45) is 0 Å². The number of hydrogen-bond acceptors (Lipinski definition) is 6. The van der Waals surface area contributed by atoms with Gasteiger partial charge in [-0.1, -0.05) is 32.9 Å². The Labute approximate surface area is 176 Å². The van der Waals surface area contributed by atoms with Gasteiger partial charge in [-0.05, 0) is 46.9 Å². The van der Waals surface area contributed by atoms with Crippen LogP contribution in [0.1, 0.15) is 51.3 Å². The Kier molecular flexibility index (Phi) is 8.10. The van der Waals surface area contributed by atoms with Crippen LogP contribution in [0.5, 0.6) is 0 Å². The first-order valence-electron chi connectivity index (χ1n) is 9.44. The molecule has 7 nitrogen and oxygen atoms in total. The van der Waals surface area contributed by atoms with Crippen molar-refractivity contribution in [1.82, 2.24) is 20.1 Å². The van der Waals surface area contributed by atoms with Crippen molar-refractivity contribution in [2.75, 3.05) is 13.2 Å². The Hall–Kier alpha value is -2.51. The number of ether oxygens (including phenoxy) is 1. The van der Waals surface area contributed by atoms with Crippen LogP contribution in [0.25, 0.3) is 11.1 Å². The number of esters is 1. The predicted molar refractivity (Wildman–Crippen MR) is 112 cm³/mol. The zero-order valence-electron chi connectivity index (χ0n) is 17.2. The molecule has 0 unspecified atom stereocenters. The molecule has 2 aromatic rings. The van der Waals surface area contributed by atoms with E-state index < -0.39 is 6.04 Å². The number of carbonyl (C=O) groups is 2. The number of halogens is 1. The van der Waals surface area contributed by atoms with E-state index >= 15 is 0 Å². The predicted octanol–water partition coefficient (Wildman–Crippen LogP) is 3.30. The molecule has 2 N–H and O–H groups in total. The first kappa shape index (κ1) is 22.8. The summed E-state index contributed by atoms with van der Waals surface area (Å²) in [5.41, 5.74) is 3.48. The van der Waals surface area contributed by atoms with Crippen LogP contribution in [0, 0.1) is 0 Å². The minimum Gasteiger partial charge on any atom is -0.466 e. The van der Waals surface area contributed by atoms with Gasteiger partial charge in [0.05, 0.1) is 25.6 Å². The average Bonchev–Trinajstić information content (AvgIpc) is 2.67. The molecule has 0 aliphatic heterocycles. The van der Waals surface area contributed by atoms with Gasteiger partial charge in [0.25, 0.3) is 0 Å². The number of benzene rings is 1. The van der Waals surface area contributed by atoms with Gasteiger partial charge >= 0.3 is 5.97 Å². The zero-order chi connectivity index (χ0) is 21.4. The fraction of sp³-hybridized carbons (Fsp3) is 0.429. The van der Waals surface area contributed by atoms with Crippen LogP contribution in [0.3, 0.4) is 0 Å². The van der Waals surface area contributed by atoms with E-state index in [1.807, 2.05) is 12.1 Å². The summed E-state index contributed by atoms with van der Waals surface area (Å²) in [5, 5.41) is 2.86. The van der Waals surface area contributed by atoms with E-state index in [-0.39, 0.29) is 36.9 Å². The second-order valence-corrected chi connectivity index (χ2v) is 7.93. The molecule has 1 aromatic carbocycles. The third kappa shape index (κ3) is 6.80. The summed E-state index contributed by atoms with van der Waals surface area (Å²) >= 11 is 5.46. The maximum atomic E-state index is 12.2. The van der Waals surface area contributed by atoms with Crippen molar-refractivity contribution in [3.63, 3.8) is 0 Å². The number of amides is 1. The molecule has 2 rings (SSSR count). The lowest BCUT2D eigenvalue weighted by atomic mass is 9.83. The molecule has 0 radical (unpaired) electrons. The highest BCUT2D eigenvalue weighted by Gasteiger charge is 2.23. The van der Waals surface area contributed by atoms with E-state index in [4.69, 9.17) is 16.5 Å². The van der Waals surface area contributed by atoms with Crippen LogP contribution < -0.4 is 10.2 Å². The van der Waals surface area contributed by atoms with Gasteiger partial charge in [0.2, 0.25) is 5.91 Å². The molecule has 0 spiro atoms.